The van der Waals surface area contributed by atoms with E-state index in [9.17, 15) is 0 Å². The Hall–Kier alpha value is -0.940. The Balaban J connectivity index is 2.26. The number of rotatable bonds is 5. The molecule has 5 heteroatoms. The Labute approximate surface area is 121 Å². The molecule has 5 nitrogen and oxygen atoms in total. The molecule has 0 radical (unpaired) electrons. The molecule has 1 aromatic heterocycles. The van der Waals surface area contributed by atoms with E-state index in [1.54, 1.807) is 0 Å². The van der Waals surface area contributed by atoms with Gasteiger partial charge < -0.3 is 15.0 Å². The van der Waals surface area contributed by atoms with Crippen LogP contribution in [0.25, 0.3) is 0 Å². The van der Waals surface area contributed by atoms with Gasteiger partial charge in [0.1, 0.15) is 5.60 Å². The van der Waals surface area contributed by atoms with Crippen molar-refractivity contribution in [1.29, 1.82) is 0 Å². The average molecular weight is 281 g/mol. The molecule has 1 saturated carbocycles. The minimum Gasteiger partial charge on any atom is -0.367 e. The van der Waals surface area contributed by atoms with Gasteiger partial charge in [0.05, 0.1) is 6.04 Å². The minimum absolute atomic E-state index is 0.212. The predicted octanol–water partition coefficient (Wildman–Crippen LogP) is 3.17. The quantitative estimate of drug-likeness (QED) is 0.897. The largest absolute Gasteiger partial charge is 0.367 e. The first-order chi connectivity index (χ1) is 9.48. The van der Waals surface area contributed by atoms with Crippen molar-refractivity contribution in [3.05, 3.63) is 11.7 Å². The van der Waals surface area contributed by atoms with Crippen LogP contribution in [0.1, 0.15) is 71.1 Å². The molecule has 0 bridgehead atoms. The summed E-state index contributed by atoms with van der Waals surface area (Å²) in [5.74, 6) is 2.09. The van der Waals surface area contributed by atoms with Crippen LogP contribution >= 0.6 is 0 Å². The van der Waals surface area contributed by atoms with Crippen LogP contribution in [0.15, 0.2) is 4.52 Å². The molecule has 1 heterocycles. The molecule has 0 spiro atoms. The number of aromatic nitrogens is 2. The lowest BCUT2D eigenvalue weighted by Gasteiger charge is -2.37. The van der Waals surface area contributed by atoms with Crippen molar-refractivity contribution < 1.29 is 9.26 Å². The molecule has 0 aliphatic heterocycles. The summed E-state index contributed by atoms with van der Waals surface area (Å²) in [5.41, 5.74) is 5.70. The van der Waals surface area contributed by atoms with Crippen molar-refractivity contribution in [3.8, 4) is 0 Å². The molecule has 2 N–H and O–H groups in total. The molecule has 1 aliphatic carbocycles. The van der Waals surface area contributed by atoms with Gasteiger partial charge >= 0.3 is 0 Å². The maximum Gasteiger partial charge on any atom is 0.243 e. The maximum atomic E-state index is 6.09. The molecule has 3 unspecified atom stereocenters. The average Bonchev–Trinajstić information content (AvgIpc) is 2.88. The molecule has 20 heavy (non-hydrogen) atoms. The molecule has 0 aromatic carbocycles. The molecule has 1 fully saturated rings. The summed E-state index contributed by atoms with van der Waals surface area (Å²) in [5, 5.41) is 4.18. The topological polar surface area (TPSA) is 74.2 Å². The molecular weight excluding hydrogens is 254 g/mol. The van der Waals surface area contributed by atoms with Gasteiger partial charge in [-0.2, -0.15) is 4.98 Å². The summed E-state index contributed by atoms with van der Waals surface area (Å²) < 4.78 is 11.4. The number of nitrogens with two attached hydrogens (primary N) is 1. The third-order valence-electron chi connectivity index (χ3n) is 4.23. The van der Waals surface area contributed by atoms with Crippen LogP contribution in [-0.2, 0) is 10.3 Å². The van der Waals surface area contributed by atoms with E-state index in [4.69, 9.17) is 15.0 Å². The van der Waals surface area contributed by atoms with E-state index < -0.39 is 0 Å². The smallest absolute Gasteiger partial charge is 0.243 e. The number of ether oxygens (including phenoxy) is 1. The van der Waals surface area contributed by atoms with E-state index in [2.05, 4.69) is 30.9 Å². The fourth-order valence-corrected chi connectivity index (χ4v) is 3.02. The highest BCUT2D eigenvalue weighted by Crippen LogP contribution is 2.42. The maximum absolute atomic E-state index is 6.09. The van der Waals surface area contributed by atoms with Gasteiger partial charge in [-0.25, -0.2) is 0 Å². The molecule has 114 valence electrons. The minimum atomic E-state index is -0.384. The summed E-state index contributed by atoms with van der Waals surface area (Å²) in [6.07, 6.45) is 4.30. The van der Waals surface area contributed by atoms with Crippen molar-refractivity contribution in [2.75, 3.05) is 6.61 Å². The van der Waals surface area contributed by atoms with Gasteiger partial charge in [0.2, 0.25) is 11.7 Å². The van der Waals surface area contributed by atoms with Gasteiger partial charge in [-0.05, 0) is 38.0 Å². The summed E-state index contributed by atoms with van der Waals surface area (Å²) >= 11 is 0. The lowest BCUT2D eigenvalue weighted by molar-refractivity contribution is -0.0891. The summed E-state index contributed by atoms with van der Waals surface area (Å²) in [6.45, 7) is 9.04. The Morgan fingerprint density at radius 2 is 2.25 bits per heavy atom. The third-order valence-corrected chi connectivity index (χ3v) is 4.23. The monoisotopic (exact) mass is 281 g/mol. The fourth-order valence-electron chi connectivity index (χ4n) is 3.02. The predicted molar refractivity (Wildman–Crippen MR) is 77.0 cm³/mol. The highest BCUT2D eigenvalue weighted by molar-refractivity contribution is 5.06. The Bertz CT molecular complexity index is 429. The first kappa shape index (κ1) is 15.4. The first-order valence-electron chi connectivity index (χ1n) is 7.72. The fraction of sp³-hybridized carbons (Fsp3) is 0.867. The Morgan fingerprint density at radius 1 is 1.50 bits per heavy atom. The zero-order valence-electron chi connectivity index (χ0n) is 13.1. The van der Waals surface area contributed by atoms with Gasteiger partial charge in [-0.3, -0.25) is 0 Å². The lowest BCUT2D eigenvalue weighted by Crippen LogP contribution is -2.36. The van der Waals surface area contributed by atoms with Gasteiger partial charge in [-0.1, -0.05) is 32.3 Å². The van der Waals surface area contributed by atoms with Gasteiger partial charge in [0.25, 0.3) is 0 Å². The second-order valence-corrected chi connectivity index (χ2v) is 6.35. The van der Waals surface area contributed by atoms with E-state index in [1.165, 1.54) is 6.42 Å². The van der Waals surface area contributed by atoms with E-state index in [1.807, 2.05) is 6.92 Å². The molecule has 0 saturated heterocycles. The van der Waals surface area contributed by atoms with Gasteiger partial charge in [0, 0.05) is 6.61 Å². The standard InChI is InChI=1S/C15H27N3O2/c1-5-19-15(8-6-7-11(4)9-15)14-17-13(20-18-14)12(16)10(2)3/h10-12H,5-9,16H2,1-4H3. The van der Waals surface area contributed by atoms with Crippen molar-refractivity contribution in [1.82, 2.24) is 10.1 Å². The second kappa shape index (κ2) is 6.22. The van der Waals surface area contributed by atoms with E-state index in [-0.39, 0.29) is 17.6 Å². The van der Waals surface area contributed by atoms with Crippen molar-refractivity contribution in [2.45, 2.75) is 65.0 Å². The van der Waals surface area contributed by atoms with E-state index in [0.29, 0.717) is 24.2 Å². The molecular formula is C15H27N3O2. The van der Waals surface area contributed by atoms with Crippen LogP contribution < -0.4 is 5.73 Å². The first-order valence-corrected chi connectivity index (χ1v) is 7.72. The van der Waals surface area contributed by atoms with Gasteiger partial charge in [0.15, 0.2) is 0 Å². The highest BCUT2D eigenvalue weighted by Gasteiger charge is 2.41. The van der Waals surface area contributed by atoms with Crippen LogP contribution in [0.5, 0.6) is 0 Å². The zero-order valence-corrected chi connectivity index (χ0v) is 13.1. The SMILES string of the molecule is CCOC1(c2noc(C(N)C(C)C)n2)CCCC(C)C1. The Kier molecular flexibility index (Phi) is 4.81. The Morgan fingerprint density at radius 3 is 2.85 bits per heavy atom. The van der Waals surface area contributed by atoms with Crippen LogP contribution in [-0.4, -0.2) is 16.7 Å². The molecule has 3 atom stereocenters. The number of hydrogen-bond donors (Lipinski definition) is 1. The highest BCUT2D eigenvalue weighted by atomic mass is 16.5. The zero-order chi connectivity index (χ0) is 14.8. The van der Waals surface area contributed by atoms with Crippen LogP contribution in [0.2, 0.25) is 0 Å². The second-order valence-electron chi connectivity index (χ2n) is 6.35. The summed E-state index contributed by atoms with van der Waals surface area (Å²) in [7, 11) is 0. The number of hydrogen-bond acceptors (Lipinski definition) is 5. The molecule has 1 aliphatic rings. The number of nitrogens with zero attached hydrogens (tertiary/aromatic N) is 2. The van der Waals surface area contributed by atoms with E-state index >= 15 is 0 Å². The van der Waals surface area contributed by atoms with Crippen LogP contribution in [0.3, 0.4) is 0 Å². The molecule has 2 rings (SSSR count). The lowest BCUT2D eigenvalue weighted by atomic mass is 9.78. The molecule has 0 amide bonds. The van der Waals surface area contributed by atoms with Crippen LogP contribution in [0, 0.1) is 11.8 Å². The third kappa shape index (κ3) is 3.04. The normalized spacial score (nSPS) is 28.8. The van der Waals surface area contributed by atoms with Crippen molar-refractivity contribution >= 4 is 0 Å². The van der Waals surface area contributed by atoms with Crippen molar-refractivity contribution in [2.24, 2.45) is 17.6 Å². The van der Waals surface area contributed by atoms with Crippen LogP contribution in [0.4, 0.5) is 0 Å². The summed E-state index contributed by atoms with van der Waals surface area (Å²) in [6, 6.07) is -0.212. The molecule has 1 aromatic rings. The summed E-state index contributed by atoms with van der Waals surface area (Å²) in [4.78, 5) is 4.55. The van der Waals surface area contributed by atoms with E-state index in [0.717, 1.165) is 19.3 Å². The van der Waals surface area contributed by atoms with Crippen molar-refractivity contribution in [3.63, 3.8) is 0 Å². The van der Waals surface area contributed by atoms with Gasteiger partial charge in [-0.15, -0.1) is 0 Å².